The summed E-state index contributed by atoms with van der Waals surface area (Å²) in [7, 11) is 1.48. The molecule has 5 nitrogen and oxygen atoms in total. The normalized spacial score (nSPS) is 21.5. The second kappa shape index (κ2) is 8.75. The lowest BCUT2D eigenvalue weighted by molar-refractivity contribution is -0.141. The molecule has 6 heteroatoms. The van der Waals surface area contributed by atoms with Crippen molar-refractivity contribution in [3.8, 4) is 5.75 Å². The maximum absolute atomic E-state index is 13.2. The number of amides is 1. The van der Waals surface area contributed by atoms with Gasteiger partial charge in [0.2, 0.25) is 0 Å². The molecule has 0 aromatic heterocycles. The Balaban J connectivity index is 1.92. The van der Waals surface area contributed by atoms with Crippen LogP contribution in [0.1, 0.15) is 54.8 Å². The highest BCUT2D eigenvalue weighted by Gasteiger charge is 2.49. The summed E-state index contributed by atoms with van der Waals surface area (Å²) in [6.07, 6.45) is 4.90. The standard InChI is InChI=1S/C25H26ClNO4/c1-15-7-6-8-16(13-15)22-21(23(28)19-14-17(26)11-12-20(19)31-2)24(29)25(30)27(22)18-9-4-3-5-10-18/h6-8,11-14,18,22,28H,3-5,9-10H2,1-2H3/b23-21+. The predicted molar refractivity (Wildman–Crippen MR) is 120 cm³/mol. The van der Waals surface area contributed by atoms with E-state index in [2.05, 4.69) is 0 Å². The van der Waals surface area contributed by atoms with Gasteiger partial charge in [-0.1, -0.05) is 60.7 Å². The summed E-state index contributed by atoms with van der Waals surface area (Å²) >= 11 is 6.16. The number of ether oxygens (including phenoxy) is 1. The molecular formula is C25H26ClNO4. The van der Waals surface area contributed by atoms with Gasteiger partial charge in [-0.2, -0.15) is 0 Å². The first-order chi connectivity index (χ1) is 14.9. The molecule has 1 heterocycles. The molecule has 0 radical (unpaired) electrons. The number of halogens is 1. The van der Waals surface area contributed by atoms with Crippen LogP contribution in [0.25, 0.3) is 5.76 Å². The summed E-state index contributed by atoms with van der Waals surface area (Å²) in [6.45, 7) is 1.97. The van der Waals surface area contributed by atoms with Crippen LogP contribution in [0.4, 0.5) is 0 Å². The van der Waals surface area contributed by atoms with Gasteiger partial charge >= 0.3 is 0 Å². The Labute approximate surface area is 187 Å². The molecule has 1 amide bonds. The van der Waals surface area contributed by atoms with Crippen LogP contribution >= 0.6 is 11.6 Å². The fraction of sp³-hybridized carbons (Fsp3) is 0.360. The van der Waals surface area contributed by atoms with E-state index in [-0.39, 0.29) is 17.4 Å². The highest BCUT2D eigenvalue weighted by Crippen LogP contribution is 2.44. The summed E-state index contributed by atoms with van der Waals surface area (Å²) in [5, 5.41) is 11.7. The molecule has 0 spiro atoms. The summed E-state index contributed by atoms with van der Waals surface area (Å²) in [6, 6.07) is 11.9. The number of hydrogen-bond acceptors (Lipinski definition) is 4. The van der Waals surface area contributed by atoms with Gasteiger partial charge in [-0.15, -0.1) is 0 Å². The number of rotatable bonds is 4. The highest BCUT2D eigenvalue weighted by molar-refractivity contribution is 6.46. The third kappa shape index (κ3) is 3.94. The van der Waals surface area contributed by atoms with Crippen molar-refractivity contribution in [2.75, 3.05) is 7.11 Å². The third-order valence-electron chi connectivity index (χ3n) is 6.22. The Kier molecular flexibility index (Phi) is 6.05. The largest absolute Gasteiger partial charge is 0.507 e. The van der Waals surface area contributed by atoms with Gasteiger partial charge in [0.25, 0.3) is 11.7 Å². The smallest absolute Gasteiger partial charge is 0.295 e. The van der Waals surface area contributed by atoms with Crippen molar-refractivity contribution >= 4 is 29.1 Å². The molecule has 2 aromatic carbocycles. The first-order valence-electron chi connectivity index (χ1n) is 10.6. The number of nitrogens with zero attached hydrogens (tertiary/aromatic N) is 1. The van der Waals surface area contributed by atoms with Crippen LogP contribution in [-0.2, 0) is 9.59 Å². The fourth-order valence-corrected chi connectivity index (χ4v) is 4.94. The van der Waals surface area contributed by atoms with E-state index in [0.29, 0.717) is 16.3 Å². The van der Waals surface area contributed by atoms with Crippen molar-refractivity contribution in [3.63, 3.8) is 0 Å². The van der Waals surface area contributed by atoms with Gasteiger partial charge in [0.1, 0.15) is 11.5 Å². The molecule has 2 aromatic rings. The monoisotopic (exact) mass is 439 g/mol. The van der Waals surface area contributed by atoms with Gasteiger partial charge in [-0.3, -0.25) is 9.59 Å². The number of ketones is 1. The number of aryl methyl sites for hydroxylation is 1. The lowest BCUT2D eigenvalue weighted by Crippen LogP contribution is -2.40. The number of hydrogen-bond donors (Lipinski definition) is 1. The first kappa shape index (κ1) is 21.4. The molecule has 1 aliphatic carbocycles. The summed E-state index contributed by atoms with van der Waals surface area (Å²) in [5.41, 5.74) is 2.22. The molecule has 4 rings (SSSR count). The number of aliphatic hydroxyl groups is 1. The lowest BCUT2D eigenvalue weighted by Gasteiger charge is -2.35. The van der Waals surface area contributed by atoms with Gasteiger partial charge < -0.3 is 14.7 Å². The number of methoxy groups -OCH3 is 1. The van der Waals surface area contributed by atoms with E-state index >= 15 is 0 Å². The van der Waals surface area contributed by atoms with E-state index < -0.39 is 17.7 Å². The van der Waals surface area contributed by atoms with Crippen molar-refractivity contribution in [3.05, 3.63) is 69.8 Å². The molecule has 1 atom stereocenters. The predicted octanol–water partition coefficient (Wildman–Crippen LogP) is 5.41. The summed E-state index contributed by atoms with van der Waals surface area (Å²) in [5.74, 6) is -1.10. The van der Waals surface area contributed by atoms with Crippen LogP contribution < -0.4 is 4.74 Å². The van der Waals surface area contributed by atoms with E-state index in [1.54, 1.807) is 23.1 Å². The van der Waals surface area contributed by atoms with E-state index in [0.717, 1.165) is 43.2 Å². The molecule has 31 heavy (non-hydrogen) atoms. The minimum Gasteiger partial charge on any atom is -0.507 e. The van der Waals surface area contributed by atoms with Gasteiger partial charge in [-0.05, 0) is 43.5 Å². The molecule has 1 saturated carbocycles. The van der Waals surface area contributed by atoms with E-state index in [1.807, 2.05) is 31.2 Å². The van der Waals surface area contributed by atoms with Crippen LogP contribution in [0.3, 0.4) is 0 Å². The Hall–Kier alpha value is -2.79. The lowest BCUT2D eigenvalue weighted by atomic mass is 9.90. The number of Topliss-reactive ketones (excluding diaryl/α,β-unsaturated/α-hetero) is 1. The van der Waals surface area contributed by atoms with Gasteiger partial charge in [-0.25, -0.2) is 0 Å². The van der Waals surface area contributed by atoms with Crippen molar-refractivity contribution < 1.29 is 19.4 Å². The summed E-state index contributed by atoms with van der Waals surface area (Å²) in [4.78, 5) is 28.2. The van der Waals surface area contributed by atoms with Crippen molar-refractivity contribution in [1.82, 2.24) is 4.90 Å². The number of carbonyl (C=O) groups is 2. The maximum atomic E-state index is 13.2. The molecule has 1 aliphatic heterocycles. The van der Waals surface area contributed by atoms with Crippen molar-refractivity contribution in [1.29, 1.82) is 0 Å². The van der Waals surface area contributed by atoms with Gasteiger partial charge in [0.05, 0.1) is 24.3 Å². The first-order valence-corrected chi connectivity index (χ1v) is 11.0. The van der Waals surface area contributed by atoms with Crippen LogP contribution in [0.15, 0.2) is 48.0 Å². The number of likely N-dealkylation sites (tertiary alicyclic amines) is 1. The Bertz CT molecular complexity index is 1060. The Morgan fingerprint density at radius 2 is 1.84 bits per heavy atom. The Morgan fingerprint density at radius 3 is 2.52 bits per heavy atom. The number of benzene rings is 2. The molecule has 2 fully saturated rings. The van der Waals surface area contributed by atoms with Crippen LogP contribution in [0.2, 0.25) is 5.02 Å². The topological polar surface area (TPSA) is 66.8 Å². The zero-order valence-corrected chi connectivity index (χ0v) is 18.5. The maximum Gasteiger partial charge on any atom is 0.295 e. The minimum atomic E-state index is -0.670. The minimum absolute atomic E-state index is 0.0257. The van der Waals surface area contributed by atoms with Gasteiger partial charge in [0.15, 0.2) is 0 Å². The van der Waals surface area contributed by atoms with Crippen molar-refractivity contribution in [2.24, 2.45) is 0 Å². The van der Waals surface area contributed by atoms with Crippen LogP contribution in [0, 0.1) is 6.92 Å². The zero-order chi connectivity index (χ0) is 22.1. The molecular weight excluding hydrogens is 414 g/mol. The van der Waals surface area contributed by atoms with E-state index in [1.165, 1.54) is 7.11 Å². The second-order valence-electron chi connectivity index (χ2n) is 8.26. The van der Waals surface area contributed by atoms with Crippen molar-refractivity contribution in [2.45, 2.75) is 51.1 Å². The van der Waals surface area contributed by atoms with E-state index in [9.17, 15) is 14.7 Å². The second-order valence-corrected chi connectivity index (χ2v) is 8.69. The van der Waals surface area contributed by atoms with Crippen LogP contribution in [-0.4, -0.2) is 34.8 Å². The molecule has 162 valence electrons. The average Bonchev–Trinajstić information content (AvgIpc) is 3.04. The number of carbonyl (C=O) groups excluding carboxylic acids is 2. The molecule has 0 bridgehead atoms. The molecule has 1 N–H and O–H groups in total. The summed E-state index contributed by atoms with van der Waals surface area (Å²) < 4.78 is 5.38. The third-order valence-corrected chi connectivity index (χ3v) is 6.46. The number of aliphatic hydroxyl groups excluding tert-OH is 1. The average molecular weight is 440 g/mol. The molecule has 1 saturated heterocycles. The van der Waals surface area contributed by atoms with Gasteiger partial charge in [0, 0.05) is 11.1 Å². The SMILES string of the molecule is COc1ccc(Cl)cc1/C(O)=C1\C(=O)C(=O)N(C2CCCCC2)C1c1cccc(C)c1. The van der Waals surface area contributed by atoms with E-state index in [4.69, 9.17) is 16.3 Å². The molecule has 1 unspecified atom stereocenters. The zero-order valence-electron chi connectivity index (χ0n) is 17.7. The Morgan fingerprint density at radius 1 is 1.10 bits per heavy atom. The quantitative estimate of drug-likeness (QED) is 0.393. The van der Waals surface area contributed by atoms with Crippen LogP contribution in [0.5, 0.6) is 5.75 Å². The fourth-order valence-electron chi connectivity index (χ4n) is 4.76. The highest BCUT2D eigenvalue weighted by atomic mass is 35.5. The molecule has 2 aliphatic rings.